The number of sulfone groups is 1. The minimum absolute atomic E-state index is 0.0157. The summed E-state index contributed by atoms with van der Waals surface area (Å²) in [5.41, 5.74) is 0. The van der Waals surface area contributed by atoms with Crippen molar-refractivity contribution in [2.75, 3.05) is 45.5 Å². The molecule has 1 atom stereocenters. The molecule has 2 rings (SSSR count). The van der Waals surface area contributed by atoms with Crippen molar-refractivity contribution in [1.29, 1.82) is 0 Å². The zero-order valence-electron chi connectivity index (χ0n) is 18.5. The van der Waals surface area contributed by atoms with Gasteiger partial charge < -0.3 is 15.5 Å². The van der Waals surface area contributed by atoms with E-state index < -0.39 is 9.84 Å². The Morgan fingerprint density at radius 3 is 2.27 bits per heavy atom. The molecule has 2 N–H and O–H groups in total. The first-order chi connectivity index (χ1) is 14.2. The highest BCUT2D eigenvalue weighted by atomic mass is 32.2. The van der Waals surface area contributed by atoms with Crippen molar-refractivity contribution in [3.8, 4) is 0 Å². The molecule has 0 bridgehead atoms. The van der Waals surface area contributed by atoms with Gasteiger partial charge in [-0.05, 0) is 32.4 Å². The first-order valence-corrected chi connectivity index (χ1v) is 12.2. The number of nitrogens with one attached hydrogen (secondary N) is 2. The van der Waals surface area contributed by atoms with Crippen LogP contribution in [-0.2, 0) is 14.6 Å². The van der Waals surface area contributed by atoms with Crippen LogP contribution < -0.4 is 10.6 Å². The summed E-state index contributed by atoms with van der Waals surface area (Å²) in [7, 11) is -1.67. The fraction of sp³-hybridized carbons (Fsp3) is 0.619. The molecule has 9 heteroatoms. The van der Waals surface area contributed by atoms with Crippen LogP contribution in [0.15, 0.2) is 40.2 Å². The van der Waals surface area contributed by atoms with Gasteiger partial charge in [-0.25, -0.2) is 8.42 Å². The molecular weight excluding hydrogens is 402 g/mol. The Morgan fingerprint density at radius 2 is 1.73 bits per heavy atom. The standard InChI is InChI=1S/C21H35N5O3S/c1-5-18(16-30(28,29)19-9-7-6-8-10-19)24-21(22-4)26-13-11-25(12-14-26)15-20(27)23-17(2)3/h6-10,17-18H,5,11-16H2,1-4H3,(H,22,24)(H,23,27). The summed E-state index contributed by atoms with van der Waals surface area (Å²) >= 11 is 0. The number of aliphatic imine (C=N–C) groups is 1. The monoisotopic (exact) mass is 437 g/mol. The van der Waals surface area contributed by atoms with E-state index in [9.17, 15) is 13.2 Å². The minimum atomic E-state index is -3.38. The molecule has 1 amide bonds. The van der Waals surface area contributed by atoms with Gasteiger partial charge in [-0.15, -0.1) is 0 Å². The van der Waals surface area contributed by atoms with Crippen molar-refractivity contribution in [1.82, 2.24) is 20.4 Å². The number of amides is 1. The largest absolute Gasteiger partial charge is 0.353 e. The number of hydrogen-bond donors (Lipinski definition) is 2. The average Bonchev–Trinajstić information content (AvgIpc) is 2.71. The third kappa shape index (κ3) is 7.28. The Balaban J connectivity index is 1.91. The van der Waals surface area contributed by atoms with Crippen LogP contribution in [0.5, 0.6) is 0 Å². The van der Waals surface area contributed by atoms with Gasteiger partial charge >= 0.3 is 0 Å². The van der Waals surface area contributed by atoms with Gasteiger partial charge in [0.2, 0.25) is 5.91 Å². The van der Waals surface area contributed by atoms with Crippen LogP contribution >= 0.6 is 0 Å². The van der Waals surface area contributed by atoms with Crippen LogP contribution in [0.3, 0.4) is 0 Å². The number of guanidine groups is 1. The second-order valence-electron chi connectivity index (χ2n) is 7.88. The lowest BCUT2D eigenvalue weighted by Gasteiger charge is -2.37. The predicted octanol–water partition coefficient (Wildman–Crippen LogP) is 0.957. The molecule has 1 aliphatic heterocycles. The number of benzene rings is 1. The van der Waals surface area contributed by atoms with E-state index in [-0.39, 0.29) is 23.7 Å². The quantitative estimate of drug-likeness (QED) is 0.465. The normalized spacial score (nSPS) is 17.1. The van der Waals surface area contributed by atoms with Crippen molar-refractivity contribution in [2.24, 2.45) is 4.99 Å². The predicted molar refractivity (Wildman–Crippen MR) is 120 cm³/mol. The summed E-state index contributed by atoms with van der Waals surface area (Å²) in [5, 5.41) is 6.25. The van der Waals surface area contributed by atoms with E-state index in [0.29, 0.717) is 23.8 Å². The SMILES string of the molecule is CCC(CS(=O)(=O)c1ccccc1)NC(=NC)N1CCN(CC(=O)NC(C)C)CC1. The molecule has 168 valence electrons. The first kappa shape index (κ1) is 24.1. The van der Waals surface area contributed by atoms with E-state index in [1.54, 1.807) is 31.3 Å². The van der Waals surface area contributed by atoms with Gasteiger partial charge in [0.05, 0.1) is 17.2 Å². The molecule has 0 saturated carbocycles. The van der Waals surface area contributed by atoms with Gasteiger partial charge in [0.15, 0.2) is 15.8 Å². The van der Waals surface area contributed by atoms with E-state index in [1.807, 2.05) is 26.8 Å². The smallest absolute Gasteiger partial charge is 0.234 e. The van der Waals surface area contributed by atoms with Gasteiger partial charge in [0.1, 0.15) is 0 Å². The van der Waals surface area contributed by atoms with Crippen LogP contribution in [0, 0.1) is 0 Å². The van der Waals surface area contributed by atoms with E-state index in [1.165, 1.54) is 0 Å². The van der Waals surface area contributed by atoms with Crippen LogP contribution in [0.2, 0.25) is 0 Å². The molecule has 0 spiro atoms. The number of carbonyl (C=O) groups is 1. The second kappa shape index (κ2) is 11.3. The minimum Gasteiger partial charge on any atom is -0.353 e. The Bertz CT molecular complexity index is 803. The molecule has 1 fully saturated rings. The average molecular weight is 438 g/mol. The summed E-state index contributed by atoms with van der Waals surface area (Å²) in [4.78, 5) is 20.9. The summed E-state index contributed by atoms with van der Waals surface area (Å²) in [6.07, 6.45) is 0.667. The van der Waals surface area contributed by atoms with Crippen LogP contribution in [0.1, 0.15) is 27.2 Å². The highest BCUT2D eigenvalue weighted by Crippen LogP contribution is 2.13. The fourth-order valence-corrected chi connectivity index (χ4v) is 5.03. The summed E-state index contributed by atoms with van der Waals surface area (Å²) in [6, 6.07) is 8.45. The zero-order valence-corrected chi connectivity index (χ0v) is 19.3. The number of rotatable bonds is 8. The lowest BCUT2D eigenvalue weighted by atomic mass is 10.2. The van der Waals surface area contributed by atoms with Crippen molar-refractivity contribution in [2.45, 2.75) is 44.2 Å². The Kier molecular flexibility index (Phi) is 9.10. The fourth-order valence-electron chi connectivity index (χ4n) is 3.42. The van der Waals surface area contributed by atoms with E-state index in [2.05, 4.69) is 25.4 Å². The lowest BCUT2D eigenvalue weighted by Crippen LogP contribution is -2.56. The van der Waals surface area contributed by atoms with Gasteiger partial charge in [-0.2, -0.15) is 0 Å². The first-order valence-electron chi connectivity index (χ1n) is 10.5. The van der Waals surface area contributed by atoms with Gasteiger partial charge in [0.25, 0.3) is 0 Å². The summed E-state index contributed by atoms with van der Waals surface area (Å²) < 4.78 is 25.5. The molecule has 1 aliphatic rings. The second-order valence-corrected chi connectivity index (χ2v) is 9.91. The van der Waals surface area contributed by atoms with Gasteiger partial charge in [-0.1, -0.05) is 25.1 Å². The van der Waals surface area contributed by atoms with Crippen LogP contribution in [0.25, 0.3) is 0 Å². The molecule has 1 aromatic rings. The van der Waals surface area contributed by atoms with Gasteiger partial charge in [-0.3, -0.25) is 14.7 Å². The molecule has 0 aliphatic carbocycles. The van der Waals surface area contributed by atoms with Crippen molar-refractivity contribution < 1.29 is 13.2 Å². The molecular formula is C21H35N5O3S. The topological polar surface area (TPSA) is 94.1 Å². The third-order valence-electron chi connectivity index (χ3n) is 5.05. The van der Waals surface area contributed by atoms with E-state index in [0.717, 1.165) is 26.2 Å². The number of piperazine rings is 1. The van der Waals surface area contributed by atoms with Crippen LogP contribution in [0.4, 0.5) is 0 Å². The van der Waals surface area contributed by atoms with E-state index in [4.69, 9.17) is 0 Å². The highest BCUT2D eigenvalue weighted by Gasteiger charge is 2.25. The molecule has 1 saturated heterocycles. The maximum absolute atomic E-state index is 12.7. The molecule has 8 nitrogen and oxygen atoms in total. The number of carbonyl (C=O) groups excluding carboxylic acids is 1. The summed E-state index contributed by atoms with van der Waals surface area (Å²) in [6.45, 7) is 9.24. The third-order valence-corrected chi connectivity index (χ3v) is 6.88. The molecule has 0 aromatic heterocycles. The van der Waals surface area contributed by atoms with Crippen molar-refractivity contribution in [3.63, 3.8) is 0 Å². The molecule has 1 heterocycles. The number of nitrogens with zero attached hydrogens (tertiary/aromatic N) is 3. The molecule has 1 aromatic carbocycles. The maximum atomic E-state index is 12.7. The summed E-state index contributed by atoms with van der Waals surface area (Å²) in [5.74, 6) is 0.761. The highest BCUT2D eigenvalue weighted by molar-refractivity contribution is 7.91. The lowest BCUT2D eigenvalue weighted by molar-refractivity contribution is -0.123. The van der Waals surface area contributed by atoms with Gasteiger partial charge in [0, 0.05) is 45.3 Å². The Labute approximate surface area is 180 Å². The zero-order chi connectivity index (χ0) is 22.1. The Morgan fingerprint density at radius 1 is 1.10 bits per heavy atom. The van der Waals surface area contributed by atoms with Crippen molar-refractivity contribution in [3.05, 3.63) is 30.3 Å². The molecule has 1 unspecified atom stereocenters. The van der Waals surface area contributed by atoms with E-state index >= 15 is 0 Å². The Hall–Kier alpha value is -2.13. The van der Waals surface area contributed by atoms with Crippen molar-refractivity contribution >= 4 is 21.7 Å². The molecule has 30 heavy (non-hydrogen) atoms. The maximum Gasteiger partial charge on any atom is 0.234 e. The number of hydrogen-bond acceptors (Lipinski definition) is 5. The van der Waals surface area contributed by atoms with Crippen LogP contribution in [-0.4, -0.2) is 87.7 Å². The molecule has 0 radical (unpaired) electrons.